The van der Waals surface area contributed by atoms with Crippen molar-refractivity contribution in [3.05, 3.63) is 46.2 Å². The van der Waals surface area contributed by atoms with Crippen molar-refractivity contribution in [1.29, 1.82) is 0 Å². The summed E-state index contributed by atoms with van der Waals surface area (Å²) in [7, 11) is 0. The van der Waals surface area contributed by atoms with E-state index < -0.39 is 0 Å². The Morgan fingerprint density at radius 3 is 2.94 bits per heavy atom. The summed E-state index contributed by atoms with van der Waals surface area (Å²) in [6.07, 6.45) is 6.37. The van der Waals surface area contributed by atoms with Gasteiger partial charge in [-0.3, -0.25) is 21.2 Å². The van der Waals surface area contributed by atoms with Crippen LogP contribution in [0.4, 0.5) is 0 Å². The topological polar surface area (TPSA) is 63.8 Å². The molecule has 0 aromatic carbocycles. The number of aryl methyl sites for hydroxylation is 1. The minimum Gasteiger partial charge on any atom is -0.271 e. The van der Waals surface area contributed by atoms with Gasteiger partial charge < -0.3 is 0 Å². The maximum atomic E-state index is 5.60. The molecule has 0 aliphatic rings. The van der Waals surface area contributed by atoms with Gasteiger partial charge in [0, 0.05) is 29.9 Å². The van der Waals surface area contributed by atoms with Gasteiger partial charge in [-0.2, -0.15) is 0 Å². The first-order chi connectivity index (χ1) is 7.81. The van der Waals surface area contributed by atoms with Crippen molar-refractivity contribution in [3.8, 4) is 0 Å². The molecule has 0 saturated carbocycles. The molecule has 4 nitrogen and oxygen atoms in total. The lowest BCUT2D eigenvalue weighted by molar-refractivity contribution is 0.551. The fourth-order valence-corrected chi connectivity index (χ4v) is 2.29. The highest BCUT2D eigenvalue weighted by Gasteiger charge is 2.13. The van der Waals surface area contributed by atoms with Gasteiger partial charge in [0.25, 0.3) is 0 Å². The van der Waals surface area contributed by atoms with Crippen molar-refractivity contribution >= 4 is 11.3 Å². The van der Waals surface area contributed by atoms with Gasteiger partial charge in [-0.1, -0.05) is 0 Å². The van der Waals surface area contributed by atoms with E-state index in [1.54, 1.807) is 17.5 Å². The zero-order valence-corrected chi connectivity index (χ0v) is 9.87. The van der Waals surface area contributed by atoms with Crippen LogP contribution < -0.4 is 11.3 Å². The van der Waals surface area contributed by atoms with Gasteiger partial charge in [0.05, 0.1) is 11.6 Å². The molecule has 0 amide bonds. The molecule has 2 aromatic heterocycles. The molecular weight excluding hydrogens is 220 g/mol. The number of pyridine rings is 1. The van der Waals surface area contributed by atoms with E-state index in [0.717, 1.165) is 12.0 Å². The molecular formula is C11H14N4S. The number of hydrazine groups is 1. The molecule has 0 bridgehead atoms. The summed E-state index contributed by atoms with van der Waals surface area (Å²) in [5.41, 5.74) is 7.00. The Morgan fingerprint density at radius 2 is 2.31 bits per heavy atom. The Morgan fingerprint density at radius 1 is 1.44 bits per heavy atom. The average Bonchev–Trinajstić information content (AvgIpc) is 2.80. The Balaban J connectivity index is 2.20. The number of rotatable bonds is 4. The molecule has 16 heavy (non-hydrogen) atoms. The molecule has 84 valence electrons. The first-order valence-corrected chi connectivity index (χ1v) is 5.93. The van der Waals surface area contributed by atoms with E-state index in [4.69, 9.17) is 5.84 Å². The van der Waals surface area contributed by atoms with E-state index in [1.807, 2.05) is 24.0 Å². The van der Waals surface area contributed by atoms with Crippen LogP contribution in [0, 0.1) is 6.92 Å². The lowest BCUT2D eigenvalue weighted by atomic mass is 10.0. The number of aromatic nitrogens is 2. The average molecular weight is 234 g/mol. The first-order valence-electron chi connectivity index (χ1n) is 5.05. The van der Waals surface area contributed by atoms with Crippen molar-refractivity contribution in [2.24, 2.45) is 5.84 Å². The summed E-state index contributed by atoms with van der Waals surface area (Å²) in [4.78, 5) is 9.41. The van der Waals surface area contributed by atoms with Crippen LogP contribution in [0.5, 0.6) is 0 Å². The standard InChI is InChI=1S/C11H14N4S/c1-8-2-3-13-6-10(8)11(15-12)4-9-5-14-7-16-9/h2-3,5-7,11,15H,4,12H2,1H3. The number of nitrogens with one attached hydrogen (secondary N) is 1. The van der Waals surface area contributed by atoms with Crippen molar-refractivity contribution in [1.82, 2.24) is 15.4 Å². The van der Waals surface area contributed by atoms with Gasteiger partial charge in [-0.05, 0) is 24.1 Å². The van der Waals surface area contributed by atoms with Crippen LogP contribution in [0.1, 0.15) is 22.0 Å². The maximum absolute atomic E-state index is 5.60. The van der Waals surface area contributed by atoms with E-state index in [0.29, 0.717) is 0 Å². The van der Waals surface area contributed by atoms with Crippen molar-refractivity contribution in [2.75, 3.05) is 0 Å². The predicted molar refractivity (Wildman–Crippen MR) is 64.9 cm³/mol. The van der Waals surface area contributed by atoms with Crippen LogP contribution in [0.2, 0.25) is 0 Å². The van der Waals surface area contributed by atoms with Crippen LogP contribution in [0.3, 0.4) is 0 Å². The zero-order valence-electron chi connectivity index (χ0n) is 9.05. The summed E-state index contributed by atoms with van der Waals surface area (Å²) < 4.78 is 0. The number of nitrogens with two attached hydrogens (primary N) is 1. The highest BCUT2D eigenvalue weighted by molar-refractivity contribution is 7.09. The minimum absolute atomic E-state index is 0.0918. The number of hydrogen-bond acceptors (Lipinski definition) is 5. The highest BCUT2D eigenvalue weighted by Crippen LogP contribution is 2.21. The van der Waals surface area contributed by atoms with Crippen molar-refractivity contribution in [3.63, 3.8) is 0 Å². The normalized spacial score (nSPS) is 12.6. The molecule has 5 heteroatoms. The second-order valence-electron chi connectivity index (χ2n) is 3.62. The van der Waals surface area contributed by atoms with E-state index in [9.17, 15) is 0 Å². The minimum atomic E-state index is 0.0918. The Kier molecular flexibility index (Phi) is 3.61. The van der Waals surface area contributed by atoms with Crippen LogP contribution in [0.15, 0.2) is 30.2 Å². The molecule has 0 saturated heterocycles. The molecule has 2 heterocycles. The molecule has 0 aliphatic carbocycles. The Bertz CT molecular complexity index is 441. The molecule has 2 rings (SSSR count). The lowest BCUT2D eigenvalue weighted by Gasteiger charge is -2.16. The third kappa shape index (κ3) is 2.44. The fourth-order valence-electron chi connectivity index (χ4n) is 1.64. The summed E-state index contributed by atoms with van der Waals surface area (Å²) in [5.74, 6) is 5.60. The summed E-state index contributed by atoms with van der Waals surface area (Å²) >= 11 is 1.64. The number of thiazole rings is 1. The van der Waals surface area contributed by atoms with E-state index >= 15 is 0 Å². The smallest absolute Gasteiger partial charge is 0.0794 e. The Labute approximate surface area is 98.5 Å². The molecule has 1 atom stereocenters. The van der Waals surface area contributed by atoms with Gasteiger partial charge in [0.15, 0.2) is 0 Å². The second-order valence-corrected chi connectivity index (χ2v) is 4.59. The Hall–Kier alpha value is -1.30. The third-order valence-electron chi connectivity index (χ3n) is 2.54. The zero-order chi connectivity index (χ0) is 11.4. The maximum Gasteiger partial charge on any atom is 0.0794 e. The van der Waals surface area contributed by atoms with E-state index in [2.05, 4.69) is 22.3 Å². The van der Waals surface area contributed by atoms with Gasteiger partial charge in [0.2, 0.25) is 0 Å². The predicted octanol–water partition coefficient (Wildman–Crippen LogP) is 1.59. The third-order valence-corrected chi connectivity index (χ3v) is 3.35. The van der Waals surface area contributed by atoms with Gasteiger partial charge in [-0.15, -0.1) is 11.3 Å². The van der Waals surface area contributed by atoms with E-state index in [-0.39, 0.29) is 6.04 Å². The molecule has 0 aliphatic heterocycles. The SMILES string of the molecule is Cc1ccncc1C(Cc1cncs1)NN. The quantitative estimate of drug-likeness (QED) is 0.623. The van der Waals surface area contributed by atoms with Crippen molar-refractivity contribution in [2.45, 2.75) is 19.4 Å². The molecule has 0 spiro atoms. The summed E-state index contributed by atoms with van der Waals surface area (Å²) in [5, 5.41) is 0. The van der Waals surface area contributed by atoms with Crippen LogP contribution in [0.25, 0.3) is 0 Å². The highest BCUT2D eigenvalue weighted by atomic mass is 32.1. The van der Waals surface area contributed by atoms with Gasteiger partial charge >= 0.3 is 0 Å². The van der Waals surface area contributed by atoms with Crippen molar-refractivity contribution < 1.29 is 0 Å². The molecule has 2 aromatic rings. The summed E-state index contributed by atoms with van der Waals surface area (Å²) in [6, 6.07) is 2.08. The first kappa shape index (κ1) is 11.2. The van der Waals surface area contributed by atoms with Crippen LogP contribution >= 0.6 is 11.3 Å². The largest absolute Gasteiger partial charge is 0.271 e. The van der Waals surface area contributed by atoms with Crippen LogP contribution in [-0.2, 0) is 6.42 Å². The summed E-state index contributed by atoms with van der Waals surface area (Å²) in [6.45, 7) is 2.06. The monoisotopic (exact) mass is 234 g/mol. The van der Waals surface area contributed by atoms with Crippen LogP contribution in [-0.4, -0.2) is 9.97 Å². The van der Waals surface area contributed by atoms with E-state index in [1.165, 1.54) is 10.4 Å². The molecule has 0 fully saturated rings. The second kappa shape index (κ2) is 5.16. The molecule has 0 radical (unpaired) electrons. The van der Waals surface area contributed by atoms with Gasteiger partial charge in [0.1, 0.15) is 0 Å². The number of hydrogen-bond donors (Lipinski definition) is 2. The molecule has 1 unspecified atom stereocenters. The number of nitrogens with zero attached hydrogens (tertiary/aromatic N) is 2. The lowest BCUT2D eigenvalue weighted by Crippen LogP contribution is -2.30. The fraction of sp³-hybridized carbons (Fsp3) is 0.273. The van der Waals surface area contributed by atoms with Gasteiger partial charge in [-0.25, -0.2) is 0 Å². The molecule has 3 N–H and O–H groups in total.